The summed E-state index contributed by atoms with van der Waals surface area (Å²) in [5.74, 6) is 0.106. The molecule has 3 aromatic carbocycles. The summed E-state index contributed by atoms with van der Waals surface area (Å²) in [6.45, 7) is 0. The van der Waals surface area contributed by atoms with Crippen LogP contribution in [0.2, 0.25) is 0 Å². The third-order valence-corrected chi connectivity index (χ3v) is 3.26. The van der Waals surface area contributed by atoms with Crippen molar-refractivity contribution in [2.75, 3.05) is 0 Å². The van der Waals surface area contributed by atoms with E-state index in [1.165, 1.54) is 11.1 Å². The van der Waals surface area contributed by atoms with Crippen molar-refractivity contribution in [1.82, 2.24) is 0 Å². The minimum Gasteiger partial charge on any atom is -0.384 e. The maximum atomic E-state index is 7.47. The predicted molar refractivity (Wildman–Crippen MR) is 80.4 cm³/mol. The first-order chi connectivity index (χ1) is 9.24. The van der Waals surface area contributed by atoms with Crippen molar-refractivity contribution in [3.63, 3.8) is 0 Å². The molecule has 0 atom stereocenters. The second kappa shape index (κ2) is 4.58. The molecule has 3 N–H and O–H groups in total. The van der Waals surface area contributed by atoms with Crippen molar-refractivity contribution >= 4 is 16.6 Å². The minimum absolute atomic E-state index is 0.106. The van der Waals surface area contributed by atoms with E-state index in [4.69, 9.17) is 11.1 Å². The van der Waals surface area contributed by atoms with Gasteiger partial charge in [-0.3, -0.25) is 5.41 Å². The number of nitrogen functional groups attached to an aromatic ring is 1. The molecule has 0 bridgehead atoms. The van der Waals surface area contributed by atoms with E-state index < -0.39 is 0 Å². The van der Waals surface area contributed by atoms with E-state index >= 15 is 0 Å². The molecule has 0 saturated carbocycles. The summed E-state index contributed by atoms with van der Waals surface area (Å²) in [5, 5.41) is 9.73. The Morgan fingerprint density at radius 1 is 0.737 bits per heavy atom. The van der Waals surface area contributed by atoms with Crippen LogP contribution in [0, 0.1) is 5.41 Å². The number of fused-ring (bicyclic) bond motifs is 1. The lowest BCUT2D eigenvalue weighted by Crippen LogP contribution is -2.10. The van der Waals surface area contributed by atoms with Crippen molar-refractivity contribution in [2.24, 2.45) is 5.73 Å². The molecule has 2 heteroatoms. The van der Waals surface area contributed by atoms with Crippen LogP contribution >= 0.6 is 0 Å². The molecule has 0 amide bonds. The van der Waals surface area contributed by atoms with Gasteiger partial charge in [0, 0.05) is 5.56 Å². The maximum Gasteiger partial charge on any atom is 0.122 e. The van der Waals surface area contributed by atoms with E-state index in [1.54, 1.807) is 0 Å². The van der Waals surface area contributed by atoms with Gasteiger partial charge < -0.3 is 5.73 Å². The molecule has 0 aliphatic heterocycles. The smallest absolute Gasteiger partial charge is 0.122 e. The van der Waals surface area contributed by atoms with E-state index in [0.29, 0.717) is 0 Å². The molecule has 3 rings (SSSR count). The molecular weight excluding hydrogens is 232 g/mol. The highest BCUT2D eigenvalue weighted by Gasteiger charge is 2.01. The monoisotopic (exact) mass is 246 g/mol. The summed E-state index contributed by atoms with van der Waals surface area (Å²) in [6.07, 6.45) is 0. The van der Waals surface area contributed by atoms with Gasteiger partial charge in [-0.2, -0.15) is 0 Å². The van der Waals surface area contributed by atoms with Gasteiger partial charge >= 0.3 is 0 Å². The minimum atomic E-state index is 0.106. The summed E-state index contributed by atoms with van der Waals surface area (Å²) in [7, 11) is 0. The fourth-order valence-corrected chi connectivity index (χ4v) is 2.22. The van der Waals surface area contributed by atoms with Crippen molar-refractivity contribution in [2.45, 2.75) is 0 Å². The molecule has 0 heterocycles. The topological polar surface area (TPSA) is 49.9 Å². The average Bonchev–Trinajstić information content (AvgIpc) is 2.47. The Kier molecular flexibility index (Phi) is 2.76. The zero-order valence-electron chi connectivity index (χ0n) is 10.4. The SMILES string of the molecule is N=C(N)c1ccc2cc(-c3ccccc3)ccc2c1. The van der Waals surface area contributed by atoms with Gasteiger partial charge in [0.15, 0.2) is 0 Å². The van der Waals surface area contributed by atoms with Crippen molar-refractivity contribution in [3.05, 3.63) is 72.3 Å². The van der Waals surface area contributed by atoms with Crippen LogP contribution < -0.4 is 5.73 Å². The van der Waals surface area contributed by atoms with Crippen molar-refractivity contribution in [3.8, 4) is 11.1 Å². The highest BCUT2D eigenvalue weighted by Crippen LogP contribution is 2.24. The molecule has 0 aliphatic rings. The van der Waals surface area contributed by atoms with E-state index in [2.05, 4.69) is 30.3 Å². The number of nitrogens with two attached hydrogens (primary N) is 1. The van der Waals surface area contributed by atoms with Gasteiger partial charge in [0.05, 0.1) is 0 Å². The molecule has 19 heavy (non-hydrogen) atoms. The zero-order chi connectivity index (χ0) is 13.2. The second-order valence-electron chi connectivity index (χ2n) is 4.56. The number of hydrogen-bond acceptors (Lipinski definition) is 1. The first-order valence-corrected chi connectivity index (χ1v) is 6.18. The lowest BCUT2D eigenvalue weighted by Gasteiger charge is -2.06. The highest BCUT2D eigenvalue weighted by molar-refractivity contribution is 5.99. The lowest BCUT2D eigenvalue weighted by atomic mass is 10.00. The number of amidine groups is 1. The largest absolute Gasteiger partial charge is 0.384 e. The Balaban J connectivity index is 2.12. The van der Waals surface area contributed by atoms with Gasteiger partial charge in [-0.05, 0) is 34.0 Å². The molecule has 0 aliphatic carbocycles. The van der Waals surface area contributed by atoms with E-state index in [-0.39, 0.29) is 5.84 Å². The average molecular weight is 246 g/mol. The summed E-state index contributed by atoms with van der Waals surface area (Å²) in [5.41, 5.74) is 8.68. The Morgan fingerprint density at radius 2 is 1.42 bits per heavy atom. The predicted octanol–water partition coefficient (Wildman–Crippen LogP) is 3.79. The van der Waals surface area contributed by atoms with Gasteiger partial charge in [-0.1, -0.05) is 54.6 Å². The van der Waals surface area contributed by atoms with Gasteiger partial charge in [0.2, 0.25) is 0 Å². The fourth-order valence-electron chi connectivity index (χ4n) is 2.22. The first-order valence-electron chi connectivity index (χ1n) is 6.18. The molecule has 0 radical (unpaired) electrons. The molecule has 2 nitrogen and oxygen atoms in total. The molecule has 0 fully saturated rings. The van der Waals surface area contributed by atoms with Crippen LogP contribution in [0.3, 0.4) is 0 Å². The van der Waals surface area contributed by atoms with E-state index in [1.807, 2.05) is 36.4 Å². The summed E-state index contributed by atoms with van der Waals surface area (Å²) < 4.78 is 0. The number of hydrogen-bond donors (Lipinski definition) is 2. The molecule has 92 valence electrons. The summed E-state index contributed by atoms with van der Waals surface area (Å²) >= 11 is 0. The molecule has 0 aromatic heterocycles. The van der Waals surface area contributed by atoms with E-state index in [0.717, 1.165) is 16.3 Å². The first kappa shape index (κ1) is 11.5. The molecule has 0 spiro atoms. The van der Waals surface area contributed by atoms with Crippen LogP contribution in [-0.2, 0) is 0 Å². The van der Waals surface area contributed by atoms with Crippen LogP contribution in [0.15, 0.2) is 66.7 Å². The van der Waals surface area contributed by atoms with Crippen molar-refractivity contribution < 1.29 is 0 Å². The Labute approximate surface area is 112 Å². The molecule has 0 saturated heterocycles. The Morgan fingerprint density at radius 3 is 2.16 bits per heavy atom. The van der Waals surface area contributed by atoms with Crippen LogP contribution in [0.25, 0.3) is 21.9 Å². The van der Waals surface area contributed by atoms with E-state index in [9.17, 15) is 0 Å². The van der Waals surface area contributed by atoms with Gasteiger partial charge in [-0.15, -0.1) is 0 Å². The number of rotatable bonds is 2. The van der Waals surface area contributed by atoms with Crippen LogP contribution in [-0.4, -0.2) is 5.84 Å². The van der Waals surface area contributed by atoms with Crippen LogP contribution in [0.5, 0.6) is 0 Å². The van der Waals surface area contributed by atoms with Gasteiger partial charge in [-0.25, -0.2) is 0 Å². The number of nitrogens with one attached hydrogen (secondary N) is 1. The highest BCUT2D eigenvalue weighted by atomic mass is 14.7. The molecule has 3 aromatic rings. The molecular formula is C17H14N2. The van der Waals surface area contributed by atoms with Crippen molar-refractivity contribution in [1.29, 1.82) is 5.41 Å². The summed E-state index contributed by atoms with van der Waals surface area (Å²) in [6, 6.07) is 22.5. The second-order valence-corrected chi connectivity index (χ2v) is 4.56. The number of benzene rings is 3. The zero-order valence-corrected chi connectivity index (χ0v) is 10.4. The fraction of sp³-hybridized carbons (Fsp3) is 0. The normalized spacial score (nSPS) is 10.5. The lowest BCUT2D eigenvalue weighted by molar-refractivity contribution is 1.43. The van der Waals surface area contributed by atoms with Gasteiger partial charge in [0.25, 0.3) is 0 Å². The van der Waals surface area contributed by atoms with Gasteiger partial charge in [0.1, 0.15) is 5.84 Å². The Hall–Kier alpha value is -2.61. The van der Waals surface area contributed by atoms with Crippen LogP contribution in [0.1, 0.15) is 5.56 Å². The third kappa shape index (κ3) is 2.20. The maximum absolute atomic E-state index is 7.47. The standard InChI is InChI=1S/C17H14N2/c18-17(19)16-9-8-14-10-13(6-7-15(14)11-16)12-4-2-1-3-5-12/h1-11H,(H3,18,19). The summed E-state index contributed by atoms with van der Waals surface area (Å²) in [4.78, 5) is 0. The van der Waals surface area contributed by atoms with Crippen LogP contribution in [0.4, 0.5) is 0 Å². The molecule has 0 unspecified atom stereocenters. The quantitative estimate of drug-likeness (QED) is 0.524. The Bertz CT molecular complexity index is 746. The third-order valence-electron chi connectivity index (χ3n) is 3.26.